The van der Waals surface area contributed by atoms with E-state index in [0.717, 1.165) is 0 Å². The maximum Gasteiger partial charge on any atom is -0.00182 e. The highest BCUT2D eigenvalue weighted by molar-refractivity contribution is 5.45. The van der Waals surface area contributed by atoms with Gasteiger partial charge in [-0.05, 0) is 34.3 Å². The molecule has 2 rings (SSSR count). The summed E-state index contributed by atoms with van der Waals surface area (Å²) >= 11 is 0. The van der Waals surface area contributed by atoms with Crippen LogP contribution in [0.15, 0.2) is 24.3 Å². The minimum atomic E-state index is 0.336. The number of hydrogen-bond acceptors (Lipinski definition) is 0. The summed E-state index contributed by atoms with van der Waals surface area (Å²) in [5, 5.41) is 0. The third-order valence-electron chi connectivity index (χ3n) is 5.23. The summed E-state index contributed by atoms with van der Waals surface area (Å²) in [5.41, 5.74) is 3.84. The summed E-state index contributed by atoms with van der Waals surface area (Å²) in [6, 6.07) is 8.99. The lowest BCUT2D eigenvalue weighted by Crippen LogP contribution is -2.36. The molecule has 0 bridgehead atoms. The Labute approximate surface area is 93.7 Å². The highest BCUT2D eigenvalue weighted by atomic mass is 14.5. The Morgan fingerprint density at radius 1 is 1.13 bits per heavy atom. The fourth-order valence-corrected chi connectivity index (χ4v) is 3.24. The fraction of sp³-hybridized carbons (Fsp3) is 0.600. The fourth-order valence-electron chi connectivity index (χ4n) is 3.24. The second-order valence-corrected chi connectivity index (χ2v) is 5.72. The molecule has 2 unspecified atom stereocenters. The average molecular weight is 202 g/mol. The Kier molecular flexibility index (Phi) is 2.22. The molecule has 0 amide bonds. The molecule has 0 heterocycles. The monoisotopic (exact) mass is 202 g/mol. The molecule has 0 nitrogen and oxygen atoms in total. The van der Waals surface area contributed by atoms with E-state index in [-0.39, 0.29) is 0 Å². The van der Waals surface area contributed by atoms with Crippen molar-refractivity contribution in [2.45, 2.75) is 52.4 Å². The molecule has 2 atom stereocenters. The van der Waals surface area contributed by atoms with Crippen molar-refractivity contribution in [1.82, 2.24) is 0 Å². The van der Waals surface area contributed by atoms with Gasteiger partial charge >= 0.3 is 0 Å². The molecule has 1 aliphatic rings. The van der Waals surface area contributed by atoms with Crippen LogP contribution in [-0.4, -0.2) is 0 Å². The van der Waals surface area contributed by atoms with Crippen LogP contribution >= 0.6 is 0 Å². The SMILES string of the molecule is CCC1(C)c2ccccc2C(C)C1(C)C. The summed E-state index contributed by atoms with van der Waals surface area (Å²) in [4.78, 5) is 0. The van der Waals surface area contributed by atoms with Crippen molar-refractivity contribution in [1.29, 1.82) is 0 Å². The van der Waals surface area contributed by atoms with E-state index in [1.165, 1.54) is 6.42 Å². The normalized spacial score (nSPS) is 32.7. The minimum Gasteiger partial charge on any atom is -0.0645 e. The molecule has 0 heteroatoms. The second kappa shape index (κ2) is 3.10. The van der Waals surface area contributed by atoms with Crippen molar-refractivity contribution in [3.05, 3.63) is 35.4 Å². The van der Waals surface area contributed by atoms with E-state index < -0.39 is 0 Å². The Hall–Kier alpha value is -0.780. The third kappa shape index (κ3) is 1.14. The number of fused-ring (bicyclic) bond motifs is 1. The van der Waals surface area contributed by atoms with Gasteiger partial charge in [-0.1, -0.05) is 58.9 Å². The second-order valence-electron chi connectivity index (χ2n) is 5.72. The number of benzene rings is 1. The minimum absolute atomic E-state index is 0.336. The largest absolute Gasteiger partial charge is 0.0645 e. The molecule has 0 aliphatic heterocycles. The van der Waals surface area contributed by atoms with Gasteiger partial charge in [0.15, 0.2) is 0 Å². The van der Waals surface area contributed by atoms with Gasteiger partial charge in [-0.15, -0.1) is 0 Å². The molecule has 1 aromatic carbocycles. The van der Waals surface area contributed by atoms with Crippen molar-refractivity contribution >= 4 is 0 Å². The highest BCUT2D eigenvalue weighted by Crippen LogP contribution is 2.59. The van der Waals surface area contributed by atoms with Gasteiger partial charge in [0.05, 0.1) is 0 Å². The molecule has 15 heavy (non-hydrogen) atoms. The smallest absolute Gasteiger partial charge is 0.00182 e. The predicted octanol–water partition coefficient (Wildman–Crippen LogP) is 4.50. The highest BCUT2D eigenvalue weighted by Gasteiger charge is 2.51. The van der Waals surface area contributed by atoms with Gasteiger partial charge in [-0.2, -0.15) is 0 Å². The van der Waals surface area contributed by atoms with E-state index in [0.29, 0.717) is 16.7 Å². The predicted molar refractivity (Wildman–Crippen MR) is 66.3 cm³/mol. The van der Waals surface area contributed by atoms with E-state index in [2.05, 4.69) is 58.9 Å². The van der Waals surface area contributed by atoms with E-state index >= 15 is 0 Å². The van der Waals surface area contributed by atoms with E-state index in [4.69, 9.17) is 0 Å². The summed E-state index contributed by atoms with van der Waals surface area (Å²) < 4.78 is 0. The quantitative estimate of drug-likeness (QED) is 0.629. The molecule has 1 aromatic rings. The molecular weight excluding hydrogens is 180 g/mol. The Bertz CT molecular complexity index is 375. The zero-order valence-corrected chi connectivity index (χ0v) is 10.6. The standard InChI is InChI=1S/C15H22/c1-6-15(5)13-10-8-7-9-12(13)11(2)14(15,3)4/h7-11H,6H2,1-5H3. The van der Waals surface area contributed by atoms with Crippen LogP contribution in [0.4, 0.5) is 0 Å². The molecular formula is C15H22. The summed E-state index contributed by atoms with van der Waals surface area (Å²) in [7, 11) is 0. The average Bonchev–Trinajstić information content (AvgIpc) is 2.40. The number of hydrogen-bond donors (Lipinski definition) is 0. The van der Waals surface area contributed by atoms with E-state index in [1.807, 2.05) is 0 Å². The Morgan fingerprint density at radius 2 is 1.73 bits per heavy atom. The van der Waals surface area contributed by atoms with Crippen LogP contribution in [0.1, 0.15) is 58.1 Å². The topological polar surface area (TPSA) is 0 Å². The van der Waals surface area contributed by atoms with Gasteiger partial charge in [0, 0.05) is 0 Å². The Balaban J connectivity index is 2.67. The van der Waals surface area contributed by atoms with Crippen LogP contribution in [0.25, 0.3) is 0 Å². The van der Waals surface area contributed by atoms with Gasteiger partial charge in [-0.25, -0.2) is 0 Å². The summed E-state index contributed by atoms with van der Waals surface area (Å²) in [6.07, 6.45) is 1.22. The van der Waals surface area contributed by atoms with Crippen molar-refractivity contribution < 1.29 is 0 Å². The van der Waals surface area contributed by atoms with Crippen molar-refractivity contribution in [3.63, 3.8) is 0 Å². The molecule has 1 aliphatic carbocycles. The molecule has 0 radical (unpaired) electrons. The first kappa shape index (κ1) is 10.7. The first-order valence-electron chi connectivity index (χ1n) is 6.04. The third-order valence-corrected chi connectivity index (χ3v) is 5.23. The summed E-state index contributed by atoms with van der Waals surface area (Å²) in [6.45, 7) is 12.0. The number of rotatable bonds is 1. The van der Waals surface area contributed by atoms with Crippen molar-refractivity contribution in [2.24, 2.45) is 5.41 Å². The van der Waals surface area contributed by atoms with Crippen molar-refractivity contribution in [3.8, 4) is 0 Å². The van der Waals surface area contributed by atoms with Gasteiger partial charge in [0.1, 0.15) is 0 Å². The van der Waals surface area contributed by atoms with Gasteiger partial charge in [0.2, 0.25) is 0 Å². The Morgan fingerprint density at radius 3 is 2.33 bits per heavy atom. The first-order valence-corrected chi connectivity index (χ1v) is 6.04. The van der Waals surface area contributed by atoms with Gasteiger partial charge < -0.3 is 0 Å². The van der Waals surface area contributed by atoms with Crippen LogP contribution in [0.5, 0.6) is 0 Å². The molecule has 82 valence electrons. The van der Waals surface area contributed by atoms with Gasteiger partial charge in [0.25, 0.3) is 0 Å². The van der Waals surface area contributed by atoms with Crippen LogP contribution in [0, 0.1) is 5.41 Å². The first-order chi connectivity index (χ1) is 6.95. The molecule has 0 N–H and O–H groups in total. The lowest BCUT2D eigenvalue weighted by atomic mass is 9.63. The molecule has 0 saturated carbocycles. The van der Waals surface area contributed by atoms with Crippen LogP contribution in [0.2, 0.25) is 0 Å². The van der Waals surface area contributed by atoms with Crippen LogP contribution in [0.3, 0.4) is 0 Å². The van der Waals surface area contributed by atoms with Crippen LogP contribution in [-0.2, 0) is 5.41 Å². The molecule has 0 spiro atoms. The maximum atomic E-state index is 2.43. The van der Waals surface area contributed by atoms with E-state index in [9.17, 15) is 0 Å². The lowest BCUT2D eigenvalue weighted by molar-refractivity contribution is 0.167. The summed E-state index contributed by atoms with van der Waals surface area (Å²) in [5.74, 6) is 0.665. The van der Waals surface area contributed by atoms with Crippen LogP contribution < -0.4 is 0 Å². The zero-order chi connectivity index (χ0) is 11.3. The molecule has 0 fully saturated rings. The molecule has 0 saturated heterocycles. The van der Waals surface area contributed by atoms with Gasteiger partial charge in [-0.3, -0.25) is 0 Å². The molecule has 0 aromatic heterocycles. The zero-order valence-electron chi connectivity index (χ0n) is 10.6. The maximum absolute atomic E-state index is 2.43. The van der Waals surface area contributed by atoms with E-state index in [1.54, 1.807) is 11.1 Å². The lowest BCUT2D eigenvalue weighted by Gasteiger charge is -2.41. The van der Waals surface area contributed by atoms with Crippen molar-refractivity contribution in [2.75, 3.05) is 0 Å².